The average molecular weight is 220 g/mol. The van der Waals surface area contributed by atoms with Crippen molar-refractivity contribution in [3.8, 4) is 5.75 Å². The van der Waals surface area contributed by atoms with Gasteiger partial charge in [-0.1, -0.05) is 25.1 Å². The zero-order valence-corrected chi connectivity index (χ0v) is 10.2. The summed E-state index contributed by atoms with van der Waals surface area (Å²) in [6, 6.07) is 9.03. The van der Waals surface area contributed by atoms with Gasteiger partial charge < -0.3 is 4.74 Å². The van der Waals surface area contributed by atoms with Crippen LogP contribution in [0.1, 0.15) is 19.4 Å². The van der Waals surface area contributed by atoms with E-state index in [1.54, 1.807) is 0 Å². The lowest BCUT2D eigenvalue weighted by Gasteiger charge is -2.06. The quantitative estimate of drug-likeness (QED) is 0.536. The first-order valence-corrected chi connectivity index (χ1v) is 6.34. The summed E-state index contributed by atoms with van der Waals surface area (Å²) in [5, 5.41) is 4.13. The van der Waals surface area contributed by atoms with E-state index in [0.717, 1.165) is 17.4 Å². The number of hydrogen-bond donors (Lipinski definition) is 0. The molecule has 1 aromatic rings. The third-order valence-corrected chi connectivity index (χ3v) is 2.41. The Bertz CT molecular complexity index is 315. The van der Waals surface area contributed by atoms with Crippen molar-refractivity contribution < 1.29 is 4.74 Å². The van der Waals surface area contributed by atoms with Gasteiger partial charge in [0, 0.05) is 5.56 Å². The maximum absolute atomic E-state index is 5.49. The van der Waals surface area contributed by atoms with Crippen LogP contribution in [0.5, 0.6) is 5.75 Å². The predicted molar refractivity (Wildman–Crippen MR) is 62.4 cm³/mol. The van der Waals surface area contributed by atoms with E-state index in [4.69, 9.17) is 4.74 Å². The first-order valence-electron chi connectivity index (χ1n) is 5.18. The second kappa shape index (κ2) is 7.17. The zero-order chi connectivity index (χ0) is 10.9. The van der Waals surface area contributed by atoms with Gasteiger partial charge in [0.25, 0.3) is 0 Å². The topological polar surface area (TPSA) is 34.0 Å². The molecule has 0 fully saturated rings. The van der Waals surface area contributed by atoms with Crippen LogP contribution in [0, 0.1) is 0 Å². The van der Waals surface area contributed by atoms with Crippen LogP contribution >= 0.6 is 0 Å². The summed E-state index contributed by atoms with van der Waals surface area (Å²) < 4.78 is 9.58. The minimum absolute atomic E-state index is 0.582. The maximum Gasteiger partial charge on any atom is 0.241 e. The highest BCUT2D eigenvalue weighted by atomic mass is 28.2. The molecule has 1 rings (SSSR count). The van der Waals surface area contributed by atoms with Crippen LogP contribution in [0.4, 0.5) is 0 Å². The standard InChI is InChI=1S/C11H16N2OSi/c1-3-14-11-8-6-5-7-10(11)9-12-13-15-4-2/h5-8H,3-4,9H2,1-2H3. The summed E-state index contributed by atoms with van der Waals surface area (Å²) in [6.07, 6.45) is 0. The molecule has 0 unspecified atom stereocenters. The van der Waals surface area contributed by atoms with Crippen LogP contribution < -0.4 is 4.74 Å². The monoisotopic (exact) mass is 220 g/mol. The molecule has 0 saturated carbocycles. The van der Waals surface area contributed by atoms with Gasteiger partial charge in [-0.15, -0.1) is 0 Å². The molecule has 0 aliphatic rings. The molecule has 80 valence electrons. The van der Waals surface area contributed by atoms with Gasteiger partial charge in [0.05, 0.1) is 13.2 Å². The van der Waals surface area contributed by atoms with Crippen LogP contribution in [-0.2, 0) is 6.54 Å². The molecule has 0 N–H and O–H groups in total. The van der Waals surface area contributed by atoms with Crippen molar-refractivity contribution in [3.63, 3.8) is 0 Å². The largest absolute Gasteiger partial charge is 0.494 e. The van der Waals surface area contributed by atoms with Crippen molar-refractivity contribution in [2.45, 2.75) is 26.4 Å². The van der Waals surface area contributed by atoms with Crippen LogP contribution in [0.3, 0.4) is 0 Å². The third-order valence-electron chi connectivity index (χ3n) is 1.81. The predicted octanol–water partition coefficient (Wildman–Crippen LogP) is 3.09. The number of benzene rings is 1. The van der Waals surface area contributed by atoms with Gasteiger partial charge in [0.2, 0.25) is 9.68 Å². The van der Waals surface area contributed by atoms with Gasteiger partial charge in [-0.2, -0.15) is 5.11 Å². The smallest absolute Gasteiger partial charge is 0.241 e. The van der Waals surface area contributed by atoms with Crippen LogP contribution in [0.25, 0.3) is 0 Å². The van der Waals surface area contributed by atoms with Gasteiger partial charge >= 0.3 is 0 Å². The molecule has 15 heavy (non-hydrogen) atoms. The Balaban J connectivity index is 2.58. The Morgan fingerprint density at radius 3 is 2.80 bits per heavy atom. The highest BCUT2D eigenvalue weighted by Crippen LogP contribution is 2.18. The van der Waals surface area contributed by atoms with Gasteiger partial charge in [-0.05, 0) is 19.0 Å². The number of hydrogen-bond acceptors (Lipinski definition) is 3. The summed E-state index contributed by atoms with van der Waals surface area (Å²) in [7, 11) is 0.582. The lowest BCUT2D eigenvalue weighted by atomic mass is 10.2. The van der Waals surface area contributed by atoms with Gasteiger partial charge in [0.15, 0.2) is 0 Å². The van der Waals surface area contributed by atoms with Crippen LogP contribution in [-0.4, -0.2) is 16.3 Å². The van der Waals surface area contributed by atoms with E-state index in [-0.39, 0.29) is 0 Å². The Labute approximate surface area is 93.5 Å². The fourth-order valence-electron chi connectivity index (χ4n) is 1.16. The number of nitrogens with zero attached hydrogens (tertiary/aromatic N) is 2. The van der Waals surface area contributed by atoms with Crippen molar-refractivity contribution in [2.24, 2.45) is 9.89 Å². The van der Waals surface area contributed by atoms with E-state index < -0.39 is 0 Å². The molecule has 0 saturated heterocycles. The second-order valence-electron chi connectivity index (χ2n) is 2.95. The van der Waals surface area contributed by atoms with Crippen molar-refractivity contribution >= 4 is 9.68 Å². The van der Waals surface area contributed by atoms with E-state index in [1.165, 1.54) is 0 Å². The van der Waals surface area contributed by atoms with E-state index in [2.05, 4.69) is 16.8 Å². The lowest BCUT2D eigenvalue weighted by molar-refractivity contribution is 0.336. The maximum atomic E-state index is 5.49. The van der Waals surface area contributed by atoms with Crippen molar-refractivity contribution in [2.75, 3.05) is 6.61 Å². The molecule has 0 aliphatic heterocycles. The highest BCUT2D eigenvalue weighted by molar-refractivity contribution is 6.32. The van der Waals surface area contributed by atoms with E-state index in [1.807, 2.05) is 31.2 Å². The van der Waals surface area contributed by atoms with Gasteiger partial charge in [-0.3, -0.25) is 0 Å². The Morgan fingerprint density at radius 2 is 2.07 bits per heavy atom. The fourth-order valence-corrected chi connectivity index (χ4v) is 1.48. The molecule has 3 nitrogen and oxygen atoms in total. The van der Waals surface area contributed by atoms with E-state index in [9.17, 15) is 0 Å². The Hall–Kier alpha value is -1.16. The molecular weight excluding hydrogens is 204 g/mol. The van der Waals surface area contributed by atoms with Crippen molar-refractivity contribution in [3.05, 3.63) is 29.8 Å². The van der Waals surface area contributed by atoms with Gasteiger partial charge in [-0.25, -0.2) is 4.78 Å². The van der Waals surface area contributed by atoms with Crippen LogP contribution in [0.2, 0.25) is 6.04 Å². The van der Waals surface area contributed by atoms with Crippen molar-refractivity contribution in [1.82, 2.24) is 0 Å². The van der Waals surface area contributed by atoms with Gasteiger partial charge in [0.1, 0.15) is 5.75 Å². The first kappa shape index (κ1) is 11.9. The number of rotatable bonds is 6. The van der Waals surface area contributed by atoms with E-state index in [0.29, 0.717) is 22.8 Å². The summed E-state index contributed by atoms with van der Waals surface area (Å²) in [6.45, 7) is 5.39. The number of para-hydroxylation sites is 1. The molecule has 0 atom stereocenters. The lowest BCUT2D eigenvalue weighted by Crippen LogP contribution is -1.95. The zero-order valence-electron chi connectivity index (χ0n) is 9.23. The molecule has 0 heterocycles. The average Bonchev–Trinajstić information content (AvgIpc) is 2.27. The van der Waals surface area contributed by atoms with Crippen molar-refractivity contribution in [1.29, 1.82) is 0 Å². The summed E-state index contributed by atoms with van der Waals surface area (Å²) >= 11 is 0. The molecule has 2 radical (unpaired) electrons. The minimum Gasteiger partial charge on any atom is -0.494 e. The summed E-state index contributed by atoms with van der Waals surface area (Å²) in [4.78, 5) is 0. The molecule has 1 aromatic carbocycles. The summed E-state index contributed by atoms with van der Waals surface area (Å²) in [5.74, 6) is 0.916. The molecule has 0 aromatic heterocycles. The molecular formula is C11H16N2OSi. The third kappa shape index (κ3) is 4.25. The van der Waals surface area contributed by atoms with E-state index >= 15 is 0 Å². The number of ether oxygens (including phenoxy) is 1. The molecule has 0 spiro atoms. The fraction of sp³-hybridized carbons (Fsp3) is 0.455. The molecule has 0 amide bonds. The minimum atomic E-state index is 0.582. The molecule has 4 heteroatoms. The SMILES string of the molecule is CCOc1ccccc1CN=N[Si]CC. The van der Waals surface area contributed by atoms with Crippen LogP contribution in [0.15, 0.2) is 34.2 Å². The first-order chi connectivity index (χ1) is 7.38. The highest BCUT2D eigenvalue weighted by Gasteiger charge is 2.00. The second-order valence-corrected chi connectivity index (χ2v) is 4.18. The molecule has 0 aliphatic carbocycles. The Kier molecular flexibility index (Phi) is 5.69. The Morgan fingerprint density at radius 1 is 1.27 bits per heavy atom. The summed E-state index contributed by atoms with van der Waals surface area (Å²) in [5.41, 5.74) is 1.10. The molecule has 0 bridgehead atoms. The normalized spacial score (nSPS) is 10.8.